The van der Waals surface area contributed by atoms with E-state index in [2.05, 4.69) is 24.1 Å². The molecular weight excluding hydrogens is 350 g/mol. The largest absolute Gasteiger partial charge is 0.457 e. The fraction of sp³-hybridized carbons (Fsp3) is 0.217. The third kappa shape index (κ3) is 3.56. The highest BCUT2D eigenvalue weighted by atomic mass is 16.5. The maximum absolute atomic E-state index is 12.2. The van der Waals surface area contributed by atoms with Gasteiger partial charge in [-0.15, -0.1) is 0 Å². The van der Waals surface area contributed by atoms with Crippen molar-refractivity contribution in [2.75, 3.05) is 12.4 Å². The van der Waals surface area contributed by atoms with Crippen molar-refractivity contribution in [3.05, 3.63) is 83.0 Å². The van der Waals surface area contributed by atoms with Crippen LogP contribution in [0.5, 0.6) is 11.5 Å². The highest BCUT2D eigenvalue weighted by Gasteiger charge is 2.27. The number of carbonyl (C=O) groups is 1. The Morgan fingerprint density at radius 1 is 1.04 bits per heavy atom. The average Bonchev–Trinajstić information content (AvgIpc) is 2.99. The Bertz CT molecular complexity index is 997. The number of amides is 1. The standard InChI is InChI=1S/C23H23N3O2/c1-15-4-8-18(9-5-15)28-19-10-6-17(7-11-19)16(2)25-22-21-14-26(3)23(27)20(21)12-13-24-22/h4-13,16H,14H2,1-3H3,(H,24,25)/t16-/m0/s1. The number of pyridine rings is 1. The lowest BCUT2D eigenvalue weighted by molar-refractivity contribution is 0.0816. The van der Waals surface area contributed by atoms with Crippen molar-refractivity contribution in [2.45, 2.75) is 26.4 Å². The number of rotatable bonds is 5. The van der Waals surface area contributed by atoms with Gasteiger partial charge in [0.25, 0.3) is 5.91 Å². The predicted molar refractivity (Wildman–Crippen MR) is 110 cm³/mol. The van der Waals surface area contributed by atoms with Crippen LogP contribution < -0.4 is 10.1 Å². The highest BCUT2D eigenvalue weighted by Crippen LogP contribution is 2.30. The van der Waals surface area contributed by atoms with Gasteiger partial charge in [0, 0.05) is 30.4 Å². The van der Waals surface area contributed by atoms with Crippen LogP contribution in [0.25, 0.3) is 0 Å². The number of aromatic nitrogens is 1. The highest BCUT2D eigenvalue weighted by molar-refractivity contribution is 5.99. The third-order valence-corrected chi connectivity index (χ3v) is 5.02. The van der Waals surface area contributed by atoms with Crippen LogP contribution in [0.2, 0.25) is 0 Å². The predicted octanol–water partition coefficient (Wildman–Crippen LogP) is 4.94. The van der Waals surface area contributed by atoms with Gasteiger partial charge in [-0.1, -0.05) is 29.8 Å². The van der Waals surface area contributed by atoms with Gasteiger partial charge in [0.2, 0.25) is 0 Å². The van der Waals surface area contributed by atoms with Crippen molar-refractivity contribution in [3.8, 4) is 11.5 Å². The molecule has 3 aromatic rings. The molecule has 1 aliphatic rings. The first kappa shape index (κ1) is 18.0. The number of ether oxygens (including phenoxy) is 1. The van der Waals surface area contributed by atoms with Gasteiger partial charge in [0.1, 0.15) is 17.3 Å². The van der Waals surface area contributed by atoms with E-state index in [9.17, 15) is 4.79 Å². The molecule has 1 aliphatic heterocycles. The molecule has 4 rings (SSSR count). The molecule has 2 heterocycles. The van der Waals surface area contributed by atoms with Gasteiger partial charge in [0.05, 0.1) is 6.54 Å². The maximum Gasteiger partial charge on any atom is 0.254 e. The smallest absolute Gasteiger partial charge is 0.254 e. The fourth-order valence-electron chi connectivity index (χ4n) is 3.35. The molecule has 0 aliphatic carbocycles. The fourth-order valence-corrected chi connectivity index (χ4v) is 3.35. The first-order valence-electron chi connectivity index (χ1n) is 9.35. The van der Waals surface area contributed by atoms with E-state index in [4.69, 9.17) is 4.74 Å². The summed E-state index contributed by atoms with van der Waals surface area (Å²) >= 11 is 0. The molecule has 5 heteroatoms. The Hall–Kier alpha value is -3.34. The lowest BCUT2D eigenvalue weighted by Gasteiger charge is -2.17. The molecule has 2 aromatic carbocycles. The van der Waals surface area contributed by atoms with E-state index in [1.54, 1.807) is 17.2 Å². The van der Waals surface area contributed by atoms with Crippen molar-refractivity contribution < 1.29 is 9.53 Å². The van der Waals surface area contributed by atoms with E-state index in [-0.39, 0.29) is 11.9 Å². The summed E-state index contributed by atoms with van der Waals surface area (Å²) in [4.78, 5) is 18.3. The topological polar surface area (TPSA) is 54.5 Å². The maximum atomic E-state index is 12.2. The molecule has 0 fully saturated rings. The van der Waals surface area contributed by atoms with Gasteiger partial charge in [-0.05, 0) is 49.7 Å². The molecule has 0 saturated carbocycles. The molecule has 5 nitrogen and oxygen atoms in total. The van der Waals surface area contributed by atoms with E-state index in [1.165, 1.54) is 5.56 Å². The summed E-state index contributed by atoms with van der Waals surface area (Å²) < 4.78 is 5.89. The van der Waals surface area contributed by atoms with Crippen molar-refractivity contribution in [1.29, 1.82) is 0 Å². The first-order valence-corrected chi connectivity index (χ1v) is 9.35. The van der Waals surface area contributed by atoms with Gasteiger partial charge in [0.15, 0.2) is 0 Å². The number of aryl methyl sites for hydroxylation is 1. The summed E-state index contributed by atoms with van der Waals surface area (Å²) in [5, 5.41) is 3.44. The van der Waals surface area contributed by atoms with Gasteiger partial charge in [-0.2, -0.15) is 0 Å². The molecule has 1 amide bonds. The number of nitrogens with one attached hydrogen (secondary N) is 1. The van der Waals surface area contributed by atoms with Gasteiger partial charge in [-0.25, -0.2) is 4.98 Å². The number of nitrogens with zero attached hydrogens (tertiary/aromatic N) is 2. The Morgan fingerprint density at radius 2 is 1.68 bits per heavy atom. The second kappa shape index (κ2) is 7.35. The SMILES string of the molecule is Cc1ccc(Oc2ccc([C@H](C)Nc3nccc4c3CN(C)C4=O)cc2)cc1. The molecule has 1 aromatic heterocycles. The van der Waals surface area contributed by atoms with E-state index < -0.39 is 0 Å². The van der Waals surface area contributed by atoms with E-state index in [0.717, 1.165) is 34.0 Å². The second-order valence-corrected chi connectivity index (χ2v) is 7.20. The molecule has 0 unspecified atom stereocenters. The Morgan fingerprint density at radius 3 is 2.36 bits per heavy atom. The Balaban J connectivity index is 1.47. The molecule has 0 spiro atoms. The molecule has 0 radical (unpaired) electrons. The monoisotopic (exact) mass is 373 g/mol. The summed E-state index contributed by atoms with van der Waals surface area (Å²) in [6.45, 7) is 4.72. The van der Waals surface area contributed by atoms with Crippen molar-refractivity contribution in [2.24, 2.45) is 0 Å². The van der Waals surface area contributed by atoms with E-state index in [0.29, 0.717) is 6.54 Å². The zero-order valence-electron chi connectivity index (χ0n) is 16.3. The number of benzene rings is 2. The minimum Gasteiger partial charge on any atom is -0.457 e. The molecular formula is C23H23N3O2. The molecule has 0 saturated heterocycles. The van der Waals surface area contributed by atoms with Crippen LogP contribution in [0.3, 0.4) is 0 Å². The lowest BCUT2D eigenvalue weighted by Crippen LogP contribution is -2.17. The summed E-state index contributed by atoms with van der Waals surface area (Å²) in [5.74, 6) is 2.43. The van der Waals surface area contributed by atoms with Crippen LogP contribution in [-0.4, -0.2) is 22.8 Å². The van der Waals surface area contributed by atoms with E-state index in [1.807, 2.05) is 55.6 Å². The van der Waals surface area contributed by atoms with E-state index >= 15 is 0 Å². The van der Waals surface area contributed by atoms with Crippen LogP contribution in [0.15, 0.2) is 60.8 Å². The van der Waals surface area contributed by atoms with Crippen LogP contribution in [0.4, 0.5) is 5.82 Å². The first-order chi connectivity index (χ1) is 13.5. The normalized spacial score (nSPS) is 14.0. The quantitative estimate of drug-likeness (QED) is 0.688. The number of anilines is 1. The van der Waals surface area contributed by atoms with Crippen LogP contribution in [0.1, 0.15) is 40.0 Å². The molecule has 28 heavy (non-hydrogen) atoms. The Labute approximate surface area is 165 Å². The van der Waals surface area contributed by atoms with Crippen LogP contribution in [0, 0.1) is 6.92 Å². The Kier molecular flexibility index (Phi) is 4.74. The summed E-state index contributed by atoms with van der Waals surface area (Å²) in [6.07, 6.45) is 1.68. The molecule has 1 N–H and O–H groups in total. The van der Waals surface area contributed by atoms with Crippen molar-refractivity contribution in [3.63, 3.8) is 0 Å². The summed E-state index contributed by atoms with van der Waals surface area (Å²) in [5.41, 5.74) is 4.01. The molecule has 0 bridgehead atoms. The second-order valence-electron chi connectivity index (χ2n) is 7.20. The van der Waals surface area contributed by atoms with Gasteiger partial charge in [-0.3, -0.25) is 4.79 Å². The number of fused-ring (bicyclic) bond motifs is 1. The summed E-state index contributed by atoms with van der Waals surface area (Å²) in [6, 6.07) is 17.8. The zero-order chi connectivity index (χ0) is 19.7. The molecule has 1 atom stereocenters. The van der Waals surface area contributed by atoms with Gasteiger partial charge < -0.3 is 15.0 Å². The minimum atomic E-state index is 0.0470. The molecule has 142 valence electrons. The van der Waals surface area contributed by atoms with Crippen molar-refractivity contribution >= 4 is 11.7 Å². The average molecular weight is 373 g/mol. The number of hydrogen-bond acceptors (Lipinski definition) is 4. The number of carbonyl (C=O) groups excluding carboxylic acids is 1. The zero-order valence-corrected chi connectivity index (χ0v) is 16.3. The summed E-state index contributed by atoms with van der Waals surface area (Å²) in [7, 11) is 1.81. The van der Waals surface area contributed by atoms with Crippen LogP contribution in [-0.2, 0) is 6.54 Å². The minimum absolute atomic E-state index is 0.0470. The van der Waals surface area contributed by atoms with Crippen LogP contribution >= 0.6 is 0 Å². The van der Waals surface area contributed by atoms with Crippen molar-refractivity contribution in [1.82, 2.24) is 9.88 Å². The lowest BCUT2D eigenvalue weighted by atomic mass is 10.1. The number of hydrogen-bond donors (Lipinski definition) is 1. The third-order valence-electron chi connectivity index (χ3n) is 5.02. The van der Waals surface area contributed by atoms with Gasteiger partial charge >= 0.3 is 0 Å².